The highest BCUT2D eigenvalue weighted by Gasteiger charge is 2.16. The monoisotopic (exact) mass is 458 g/mol. The van der Waals surface area contributed by atoms with Crippen molar-refractivity contribution in [2.45, 2.75) is 25.3 Å². The third-order valence-corrected chi connectivity index (χ3v) is 6.23. The second-order valence-corrected chi connectivity index (χ2v) is 9.23. The fourth-order valence-corrected chi connectivity index (χ4v) is 4.25. The summed E-state index contributed by atoms with van der Waals surface area (Å²) in [4.78, 5) is 12.2. The molecular formula is C23H23ClN2O4S. The zero-order valence-electron chi connectivity index (χ0n) is 17.2. The lowest BCUT2D eigenvalue weighted by molar-refractivity contribution is -0.118. The van der Waals surface area contributed by atoms with Crippen LogP contribution in [0.4, 0.5) is 5.69 Å². The Labute approximate surface area is 187 Å². The zero-order valence-corrected chi connectivity index (χ0v) is 18.8. The SMILES string of the molecule is Cc1ccc(NC(=O)COc2ccc(S(=O)(=O)NCc3ccccc3)cc2Cl)c(C)c1. The smallest absolute Gasteiger partial charge is 0.262 e. The van der Waals surface area contributed by atoms with E-state index >= 15 is 0 Å². The molecule has 0 aromatic heterocycles. The van der Waals surface area contributed by atoms with E-state index in [4.69, 9.17) is 16.3 Å². The lowest BCUT2D eigenvalue weighted by atomic mass is 10.1. The Bertz CT molecular complexity index is 1180. The lowest BCUT2D eigenvalue weighted by Gasteiger charge is -2.12. The number of hydrogen-bond donors (Lipinski definition) is 2. The molecule has 0 saturated carbocycles. The van der Waals surface area contributed by atoms with E-state index < -0.39 is 10.0 Å². The van der Waals surface area contributed by atoms with E-state index in [0.717, 1.165) is 16.7 Å². The molecule has 0 bridgehead atoms. The quantitative estimate of drug-likeness (QED) is 0.522. The molecule has 0 aliphatic carbocycles. The molecule has 8 heteroatoms. The summed E-state index contributed by atoms with van der Waals surface area (Å²) in [6, 6.07) is 19.0. The maximum Gasteiger partial charge on any atom is 0.262 e. The number of carbonyl (C=O) groups excluding carboxylic acids is 1. The fourth-order valence-electron chi connectivity index (χ4n) is 2.91. The average molecular weight is 459 g/mol. The predicted molar refractivity (Wildman–Crippen MR) is 122 cm³/mol. The van der Waals surface area contributed by atoms with Gasteiger partial charge >= 0.3 is 0 Å². The van der Waals surface area contributed by atoms with Gasteiger partial charge in [0.05, 0.1) is 9.92 Å². The molecule has 0 fully saturated rings. The van der Waals surface area contributed by atoms with Gasteiger partial charge in [-0.1, -0.05) is 59.6 Å². The van der Waals surface area contributed by atoms with Crippen LogP contribution in [0.25, 0.3) is 0 Å². The third kappa shape index (κ3) is 6.30. The van der Waals surface area contributed by atoms with Crippen LogP contribution < -0.4 is 14.8 Å². The molecule has 0 aliphatic rings. The number of hydrogen-bond acceptors (Lipinski definition) is 4. The van der Waals surface area contributed by atoms with E-state index in [0.29, 0.717) is 5.69 Å². The van der Waals surface area contributed by atoms with Crippen molar-refractivity contribution in [1.82, 2.24) is 4.72 Å². The molecule has 0 saturated heterocycles. The minimum atomic E-state index is -3.75. The molecule has 162 valence electrons. The third-order valence-electron chi connectivity index (χ3n) is 4.54. The van der Waals surface area contributed by atoms with E-state index in [2.05, 4.69) is 10.0 Å². The number of anilines is 1. The molecule has 0 aliphatic heterocycles. The molecule has 0 atom stereocenters. The van der Waals surface area contributed by atoms with Crippen molar-refractivity contribution in [3.8, 4) is 5.75 Å². The second-order valence-electron chi connectivity index (χ2n) is 7.06. The first-order chi connectivity index (χ1) is 14.7. The van der Waals surface area contributed by atoms with Crippen molar-refractivity contribution in [3.05, 3.63) is 88.4 Å². The van der Waals surface area contributed by atoms with Crippen LogP contribution in [-0.2, 0) is 21.4 Å². The number of aryl methyl sites for hydroxylation is 2. The Morgan fingerprint density at radius 1 is 1.00 bits per heavy atom. The topological polar surface area (TPSA) is 84.5 Å². The summed E-state index contributed by atoms with van der Waals surface area (Å²) >= 11 is 6.19. The highest BCUT2D eigenvalue weighted by Crippen LogP contribution is 2.27. The molecule has 31 heavy (non-hydrogen) atoms. The molecular weight excluding hydrogens is 436 g/mol. The Morgan fingerprint density at radius 2 is 1.74 bits per heavy atom. The van der Waals surface area contributed by atoms with E-state index in [1.165, 1.54) is 18.2 Å². The Morgan fingerprint density at radius 3 is 2.42 bits per heavy atom. The fraction of sp³-hybridized carbons (Fsp3) is 0.174. The summed E-state index contributed by atoms with van der Waals surface area (Å²) in [5.41, 5.74) is 3.60. The number of ether oxygens (including phenoxy) is 1. The Hall–Kier alpha value is -2.87. The molecule has 1 amide bonds. The highest BCUT2D eigenvalue weighted by molar-refractivity contribution is 7.89. The molecule has 0 radical (unpaired) electrons. The van der Waals surface area contributed by atoms with Gasteiger partial charge in [-0.05, 0) is 49.2 Å². The van der Waals surface area contributed by atoms with Crippen molar-refractivity contribution in [1.29, 1.82) is 0 Å². The van der Waals surface area contributed by atoms with Gasteiger partial charge in [-0.15, -0.1) is 0 Å². The molecule has 3 aromatic rings. The maximum absolute atomic E-state index is 12.5. The van der Waals surface area contributed by atoms with Crippen LogP contribution in [0.1, 0.15) is 16.7 Å². The van der Waals surface area contributed by atoms with Crippen molar-refractivity contribution in [2.24, 2.45) is 0 Å². The minimum Gasteiger partial charge on any atom is -0.482 e. The zero-order chi connectivity index (χ0) is 22.4. The molecule has 0 heterocycles. The van der Waals surface area contributed by atoms with Gasteiger partial charge < -0.3 is 10.1 Å². The van der Waals surface area contributed by atoms with Crippen LogP contribution in [0.2, 0.25) is 5.02 Å². The van der Waals surface area contributed by atoms with E-state index in [1.807, 2.05) is 62.4 Å². The number of carbonyl (C=O) groups is 1. The maximum atomic E-state index is 12.5. The number of amides is 1. The van der Waals surface area contributed by atoms with E-state index in [9.17, 15) is 13.2 Å². The van der Waals surface area contributed by atoms with Gasteiger partial charge in [0, 0.05) is 12.2 Å². The van der Waals surface area contributed by atoms with Crippen molar-refractivity contribution in [2.75, 3.05) is 11.9 Å². The van der Waals surface area contributed by atoms with Gasteiger partial charge in [-0.25, -0.2) is 13.1 Å². The van der Waals surface area contributed by atoms with E-state index in [-0.39, 0.29) is 34.7 Å². The number of benzene rings is 3. The van der Waals surface area contributed by atoms with Gasteiger partial charge in [0.1, 0.15) is 5.75 Å². The number of rotatable bonds is 8. The Kier molecular flexibility index (Phi) is 7.33. The highest BCUT2D eigenvalue weighted by atomic mass is 35.5. The second kappa shape index (κ2) is 9.96. The van der Waals surface area contributed by atoms with Crippen LogP contribution in [0.15, 0.2) is 71.6 Å². The van der Waals surface area contributed by atoms with Gasteiger partial charge in [-0.3, -0.25) is 4.79 Å². The summed E-state index contributed by atoms with van der Waals surface area (Å²) in [5.74, 6) is -0.122. The van der Waals surface area contributed by atoms with Crippen LogP contribution in [0, 0.1) is 13.8 Å². The first-order valence-corrected chi connectivity index (χ1v) is 11.4. The molecule has 0 spiro atoms. The van der Waals surface area contributed by atoms with Gasteiger partial charge in [0.25, 0.3) is 5.91 Å². The molecule has 3 aromatic carbocycles. The number of nitrogens with one attached hydrogen (secondary N) is 2. The number of sulfonamides is 1. The van der Waals surface area contributed by atoms with Crippen molar-refractivity contribution in [3.63, 3.8) is 0 Å². The van der Waals surface area contributed by atoms with Gasteiger partial charge in [-0.2, -0.15) is 0 Å². The molecule has 3 rings (SSSR count). The van der Waals surface area contributed by atoms with Gasteiger partial charge in [0.2, 0.25) is 10.0 Å². The predicted octanol–water partition coefficient (Wildman–Crippen LogP) is 4.45. The van der Waals surface area contributed by atoms with Gasteiger partial charge in [0.15, 0.2) is 6.61 Å². The largest absolute Gasteiger partial charge is 0.482 e. The average Bonchev–Trinajstić information content (AvgIpc) is 2.74. The molecule has 2 N–H and O–H groups in total. The summed E-state index contributed by atoms with van der Waals surface area (Å²) in [5, 5.41) is 2.88. The van der Waals surface area contributed by atoms with Crippen molar-refractivity contribution < 1.29 is 17.9 Å². The Balaban J connectivity index is 1.60. The van der Waals surface area contributed by atoms with Crippen molar-refractivity contribution >= 4 is 33.2 Å². The summed E-state index contributed by atoms with van der Waals surface area (Å²) < 4.78 is 33.0. The first kappa shape index (κ1) is 22.8. The number of halogens is 1. The van der Waals surface area contributed by atoms with Crippen LogP contribution >= 0.6 is 11.6 Å². The van der Waals surface area contributed by atoms with E-state index in [1.54, 1.807) is 0 Å². The van der Waals surface area contributed by atoms with Crippen LogP contribution in [0.5, 0.6) is 5.75 Å². The summed E-state index contributed by atoms with van der Waals surface area (Å²) in [6.07, 6.45) is 0. The van der Waals surface area contributed by atoms with Crippen LogP contribution in [0.3, 0.4) is 0 Å². The first-order valence-electron chi connectivity index (χ1n) is 9.57. The minimum absolute atomic E-state index is 0.0144. The standard InChI is InChI=1S/C23H23ClN2O4S/c1-16-8-10-21(17(2)12-16)26-23(27)15-30-22-11-9-19(13-20(22)24)31(28,29)25-14-18-6-4-3-5-7-18/h3-13,25H,14-15H2,1-2H3,(H,26,27). The summed E-state index contributed by atoms with van der Waals surface area (Å²) in [7, 11) is -3.75. The molecule has 6 nitrogen and oxygen atoms in total. The lowest BCUT2D eigenvalue weighted by Crippen LogP contribution is -2.23. The normalized spacial score (nSPS) is 11.2. The molecule has 0 unspecified atom stereocenters. The van der Waals surface area contributed by atoms with Crippen LogP contribution in [-0.4, -0.2) is 20.9 Å². The summed E-state index contributed by atoms with van der Waals surface area (Å²) in [6.45, 7) is 3.79.